The average Bonchev–Trinajstić information content (AvgIpc) is 2.74. The second-order valence-electron chi connectivity index (χ2n) is 7.06. The van der Waals surface area contributed by atoms with Crippen LogP contribution >= 0.6 is 15.9 Å². The number of hydrogen-bond acceptors (Lipinski definition) is 3. The van der Waals surface area contributed by atoms with Gasteiger partial charge < -0.3 is 14.8 Å². The second-order valence-corrected chi connectivity index (χ2v) is 10.2. The zero-order valence-electron chi connectivity index (χ0n) is 15.4. The number of aromatic nitrogens is 1. The van der Waals surface area contributed by atoms with Crippen molar-refractivity contribution in [2.45, 2.75) is 26.8 Å². The van der Waals surface area contributed by atoms with Crippen LogP contribution in [0.4, 0.5) is 0 Å². The Labute approximate surface area is 154 Å². The standard InChI is InChI=1S/C16H29BrN4O2S/c1-16(2,7-8-24(6,22)23)12-19-15(18-3)21(5)11-14-9-13(17)10-20(14)4/h9-10H,7-8,11-12H2,1-6H3,(H,18,19). The van der Waals surface area contributed by atoms with Crippen LogP contribution in [-0.2, 0) is 23.4 Å². The molecular weight excluding hydrogens is 392 g/mol. The summed E-state index contributed by atoms with van der Waals surface area (Å²) in [6.07, 6.45) is 3.92. The van der Waals surface area contributed by atoms with Gasteiger partial charge in [0.2, 0.25) is 0 Å². The maximum absolute atomic E-state index is 11.4. The topological polar surface area (TPSA) is 66.7 Å². The fourth-order valence-corrected chi connectivity index (χ4v) is 3.79. The Balaban J connectivity index is 2.62. The van der Waals surface area contributed by atoms with Crippen molar-refractivity contribution in [1.29, 1.82) is 0 Å². The van der Waals surface area contributed by atoms with Gasteiger partial charge in [0, 0.05) is 50.3 Å². The largest absolute Gasteiger partial charge is 0.356 e. The zero-order chi connectivity index (χ0) is 18.5. The minimum Gasteiger partial charge on any atom is -0.356 e. The first kappa shape index (κ1) is 21.0. The van der Waals surface area contributed by atoms with Gasteiger partial charge in [-0.25, -0.2) is 8.42 Å². The summed E-state index contributed by atoms with van der Waals surface area (Å²) >= 11 is 3.48. The van der Waals surface area contributed by atoms with Crippen LogP contribution in [0, 0.1) is 5.41 Å². The molecule has 0 unspecified atom stereocenters. The number of aliphatic imine (C=N–C) groups is 1. The van der Waals surface area contributed by atoms with Crippen molar-refractivity contribution in [2.75, 3.05) is 32.6 Å². The number of nitrogens with zero attached hydrogens (tertiary/aromatic N) is 3. The smallest absolute Gasteiger partial charge is 0.193 e. The third-order valence-corrected chi connectivity index (χ3v) is 5.30. The first-order valence-corrected chi connectivity index (χ1v) is 10.7. The molecule has 6 nitrogen and oxygen atoms in total. The van der Waals surface area contributed by atoms with E-state index in [9.17, 15) is 8.42 Å². The number of halogens is 1. The molecule has 1 aromatic rings. The summed E-state index contributed by atoms with van der Waals surface area (Å²) in [5.41, 5.74) is 1.04. The van der Waals surface area contributed by atoms with E-state index in [2.05, 4.69) is 55.6 Å². The van der Waals surface area contributed by atoms with Crippen molar-refractivity contribution in [1.82, 2.24) is 14.8 Å². The van der Waals surface area contributed by atoms with Crippen LogP contribution in [0.3, 0.4) is 0 Å². The highest BCUT2D eigenvalue weighted by molar-refractivity contribution is 9.10. The Kier molecular flexibility index (Phi) is 7.34. The molecule has 0 bridgehead atoms. The molecule has 1 N–H and O–H groups in total. The molecule has 1 aromatic heterocycles. The van der Waals surface area contributed by atoms with Crippen molar-refractivity contribution in [3.63, 3.8) is 0 Å². The van der Waals surface area contributed by atoms with Crippen LogP contribution in [-0.4, -0.2) is 56.5 Å². The maximum Gasteiger partial charge on any atom is 0.193 e. The zero-order valence-corrected chi connectivity index (χ0v) is 17.8. The molecule has 1 rings (SSSR count). The summed E-state index contributed by atoms with van der Waals surface area (Å²) < 4.78 is 25.8. The fourth-order valence-electron chi connectivity index (χ4n) is 2.29. The lowest BCUT2D eigenvalue weighted by molar-refractivity contribution is 0.339. The molecule has 8 heteroatoms. The summed E-state index contributed by atoms with van der Waals surface area (Å²) in [6.45, 7) is 5.52. The van der Waals surface area contributed by atoms with E-state index in [-0.39, 0.29) is 11.2 Å². The van der Waals surface area contributed by atoms with Gasteiger partial charge in [-0.2, -0.15) is 0 Å². The molecule has 0 saturated carbocycles. The highest BCUT2D eigenvalue weighted by Gasteiger charge is 2.21. The Morgan fingerprint density at radius 1 is 1.46 bits per heavy atom. The van der Waals surface area contributed by atoms with Gasteiger partial charge in [0.05, 0.1) is 12.3 Å². The number of rotatable bonds is 7. The molecule has 0 amide bonds. The van der Waals surface area contributed by atoms with E-state index < -0.39 is 9.84 Å². The predicted molar refractivity (Wildman–Crippen MR) is 104 cm³/mol. The van der Waals surface area contributed by atoms with Gasteiger partial charge in [0.1, 0.15) is 9.84 Å². The molecule has 0 radical (unpaired) electrons. The van der Waals surface area contributed by atoms with Gasteiger partial charge in [0.15, 0.2) is 5.96 Å². The van der Waals surface area contributed by atoms with Gasteiger partial charge in [-0.05, 0) is 33.8 Å². The van der Waals surface area contributed by atoms with Crippen LogP contribution in [0.15, 0.2) is 21.7 Å². The Morgan fingerprint density at radius 2 is 2.08 bits per heavy atom. The lowest BCUT2D eigenvalue weighted by Crippen LogP contribution is -2.43. The summed E-state index contributed by atoms with van der Waals surface area (Å²) in [6, 6.07) is 2.08. The van der Waals surface area contributed by atoms with Gasteiger partial charge >= 0.3 is 0 Å². The lowest BCUT2D eigenvalue weighted by atomic mass is 9.90. The Bertz CT molecular complexity index is 680. The Hall–Kier alpha value is -1.02. The highest BCUT2D eigenvalue weighted by atomic mass is 79.9. The lowest BCUT2D eigenvalue weighted by Gasteiger charge is -2.28. The minimum atomic E-state index is -2.94. The molecule has 0 atom stereocenters. The summed E-state index contributed by atoms with van der Waals surface area (Å²) in [5.74, 6) is 0.993. The normalized spacial score (nSPS) is 13.2. The molecule has 1 heterocycles. The molecular formula is C16H29BrN4O2S. The van der Waals surface area contributed by atoms with E-state index in [1.54, 1.807) is 7.05 Å². The van der Waals surface area contributed by atoms with E-state index in [1.807, 2.05) is 20.3 Å². The number of hydrogen-bond donors (Lipinski definition) is 1. The van der Waals surface area contributed by atoms with Crippen LogP contribution in [0.1, 0.15) is 26.0 Å². The van der Waals surface area contributed by atoms with E-state index in [4.69, 9.17) is 0 Å². The third kappa shape index (κ3) is 7.25. The fraction of sp³-hybridized carbons (Fsp3) is 0.688. The van der Waals surface area contributed by atoms with Gasteiger partial charge in [0.25, 0.3) is 0 Å². The third-order valence-electron chi connectivity index (χ3n) is 3.92. The molecule has 0 saturated heterocycles. The highest BCUT2D eigenvalue weighted by Crippen LogP contribution is 2.20. The number of aryl methyl sites for hydroxylation is 1. The summed E-state index contributed by atoms with van der Waals surface area (Å²) in [5, 5.41) is 3.35. The van der Waals surface area contributed by atoms with Gasteiger partial charge in [-0.1, -0.05) is 13.8 Å². The molecule has 0 aliphatic carbocycles. The monoisotopic (exact) mass is 420 g/mol. The van der Waals surface area contributed by atoms with Crippen molar-refractivity contribution in [3.05, 3.63) is 22.4 Å². The summed E-state index contributed by atoms with van der Waals surface area (Å²) in [4.78, 5) is 6.37. The van der Waals surface area contributed by atoms with Crippen molar-refractivity contribution in [3.8, 4) is 0 Å². The number of nitrogens with one attached hydrogen (secondary N) is 1. The molecule has 0 fully saturated rings. The second kappa shape index (κ2) is 8.38. The molecule has 0 aliphatic rings. The SMILES string of the molecule is CN=C(NCC(C)(C)CCS(C)(=O)=O)N(C)Cc1cc(Br)cn1C. The predicted octanol–water partition coefficient (Wildman–Crippen LogP) is 2.26. The van der Waals surface area contributed by atoms with Crippen LogP contribution < -0.4 is 5.32 Å². The number of guanidine groups is 1. The number of sulfone groups is 1. The van der Waals surface area contributed by atoms with Crippen LogP contribution in [0.25, 0.3) is 0 Å². The maximum atomic E-state index is 11.4. The summed E-state index contributed by atoms with van der Waals surface area (Å²) in [7, 11) is 2.81. The van der Waals surface area contributed by atoms with E-state index in [1.165, 1.54) is 11.9 Å². The molecule has 138 valence electrons. The van der Waals surface area contributed by atoms with Crippen molar-refractivity contribution < 1.29 is 8.42 Å². The van der Waals surface area contributed by atoms with Gasteiger partial charge in [-0.15, -0.1) is 0 Å². The van der Waals surface area contributed by atoms with Crippen molar-refractivity contribution >= 4 is 31.7 Å². The first-order chi connectivity index (χ1) is 10.9. The molecule has 0 aliphatic heterocycles. The van der Waals surface area contributed by atoms with Crippen LogP contribution in [0.5, 0.6) is 0 Å². The minimum absolute atomic E-state index is 0.131. The van der Waals surface area contributed by atoms with E-state index >= 15 is 0 Å². The molecule has 24 heavy (non-hydrogen) atoms. The van der Waals surface area contributed by atoms with Gasteiger partial charge in [-0.3, -0.25) is 4.99 Å². The molecule has 0 aromatic carbocycles. The van der Waals surface area contributed by atoms with Crippen molar-refractivity contribution in [2.24, 2.45) is 17.5 Å². The first-order valence-electron chi connectivity index (χ1n) is 7.84. The van der Waals surface area contributed by atoms with E-state index in [0.717, 1.165) is 17.0 Å². The van der Waals surface area contributed by atoms with E-state index in [0.29, 0.717) is 13.0 Å². The Morgan fingerprint density at radius 3 is 2.54 bits per heavy atom. The average molecular weight is 421 g/mol. The molecule has 0 spiro atoms. The quantitative estimate of drug-likeness (QED) is 0.542. The van der Waals surface area contributed by atoms with Crippen LogP contribution in [0.2, 0.25) is 0 Å².